The molecule has 9 heavy (non-hydrogen) atoms. The Labute approximate surface area is 53.6 Å². The van der Waals surface area contributed by atoms with Gasteiger partial charge in [0.05, 0.1) is 6.10 Å². The highest BCUT2D eigenvalue weighted by Gasteiger charge is 2.43. The summed E-state index contributed by atoms with van der Waals surface area (Å²) in [5, 5.41) is 8.33. The molecule has 1 saturated heterocycles. The van der Waals surface area contributed by atoms with Gasteiger partial charge >= 0.3 is 5.97 Å². The number of carbonyl (C=O) groups is 1. The molecule has 0 saturated carbocycles. The first-order chi connectivity index (χ1) is 4.25. The molecule has 1 aliphatic rings. The third-order valence-corrected chi connectivity index (χ3v) is 1.40. The number of epoxide rings is 1. The quantitative estimate of drug-likeness (QED) is 0.570. The van der Waals surface area contributed by atoms with Gasteiger partial charge in [0.15, 0.2) is 6.10 Å². The smallest absolute Gasteiger partial charge is 0.335 e. The van der Waals surface area contributed by atoms with Gasteiger partial charge in [0.2, 0.25) is 0 Å². The maximum atomic E-state index is 10.1. The van der Waals surface area contributed by atoms with Gasteiger partial charge in [-0.3, -0.25) is 0 Å². The normalized spacial score (nSPS) is 32.1. The zero-order valence-electron chi connectivity index (χ0n) is 5.33. The molecule has 0 aromatic rings. The fourth-order valence-electron chi connectivity index (χ4n) is 0.864. The van der Waals surface area contributed by atoms with Gasteiger partial charge in [-0.2, -0.15) is 0 Å². The van der Waals surface area contributed by atoms with Crippen LogP contribution in [-0.4, -0.2) is 23.3 Å². The molecule has 0 spiro atoms. The van der Waals surface area contributed by atoms with Crippen LogP contribution in [0.2, 0.25) is 0 Å². The highest BCUT2D eigenvalue weighted by molar-refractivity contribution is 5.75. The van der Waals surface area contributed by atoms with E-state index < -0.39 is 12.1 Å². The first-order valence-corrected chi connectivity index (χ1v) is 3.14. The Morgan fingerprint density at radius 1 is 1.78 bits per heavy atom. The van der Waals surface area contributed by atoms with Crippen molar-refractivity contribution in [2.75, 3.05) is 0 Å². The van der Waals surface area contributed by atoms with Crippen molar-refractivity contribution in [2.45, 2.75) is 32.0 Å². The number of ether oxygens (including phenoxy) is 1. The van der Waals surface area contributed by atoms with Crippen LogP contribution in [0.3, 0.4) is 0 Å². The molecular formula is C6H10O3. The van der Waals surface area contributed by atoms with Crippen LogP contribution in [0.4, 0.5) is 0 Å². The van der Waals surface area contributed by atoms with Gasteiger partial charge in [-0.15, -0.1) is 0 Å². The summed E-state index contributed by atoms with van der Waals surface area (Å²) < 4.78 is 4.82. The van der Waals surface area contributed by atoms with Crippen LogP contribution in [0.1, 0.15) is 19.8 Å². The van der Waals surface area contributed by atoms with Gasteiger partial charge in [-0.05, 0) is 6.42 Å². The Kier molecular flexibility index (Phi) is 1.71. The van der Waals surface area contributed by atoms with Crippen LogP contribution in [0, 0.1) is 0 Å². The van der Waals surface area contributed by atoms with E-state index in [1.165, 1.54) is 0 Å². The lowest BCUT2D eigenvalue weighted by Crippen LogP contribution is -2.07. The van der Waals surface area contributed by atoms with Crippen molar-refractivity contribution in [2.24, 2.45) is 0 Å². The number of carboxylic acids is 1. The lowest BCUT2D eigenvalue weighted by molar-refractivity contribution is -0.138. The van der Waals surface area contributed by atoms with Crippen molar-refractivity contribution in [3.8, 4) is 0 Å². The highest BCUT2D eigenvalue weighted by atomic mass is 16.6. The predicted octanol–water partition coefficient (Wildman–Crippen LogP) is 0.639. The molecule has 0 aliphatic carbocycles. The van der Waals surface area contributed by atoms with Crippen LogP contribution < -0.4 is 0 Å². The monoisotopic (exact) mass is 130 g/mol. The maximum Gasteiger partial charge on any atom is 0.335 e. The molecule has 3 nitrogen and oxygen atoms in total. The number of aliphatic carboxylic acids is 1. The second-order valence-corrected chi connectivity index (χ2v) is 2.22. The van der Waals surface area contributed by atoms with E-state index in [0.29, 0.717) is 0 Å². The summed E-state index contributed by atoms with van der Waals surface area (Å²) in [5.74, 6) is -0.826. The number of carboxylic acid groups (broad SMARTS) is 1. The first-order valence-electron chi connectivity index (χ1n) is 3.14. The van der Waals surface area contributed by atoms with Gasteiger partial charge in [-0.25, -0.2) is 4.79 Å². The second kappa shape index (κ2) is 2.35. The molecular weight excluding hydrogens is 120 g/mol. The predicted molar refractivity (Wildman–Crippen MR) is 31.2 cm³/mol. The average Bonchev–Trinajstić information content (AvgIpc) is 2.47. The molecule has 0 aromatic heterocycles. The molecule has 1 rings (SSSR count). The molecule has 52 valence electrons. The molecule has 2 atom stereocenters. The Bertz CT molecular complexity index is 121. The van der Waals surface area contributed by atoms with Gasteiger partial charge in [0.1, 0.15) is 0 Å². The molecule has 1 N–H and O–H groups in total. The van der Waals surface area contributed by atoms with E-state index in [1.807, 2.05) is 6.92 Å². The SMILES string of the molecule is CCC[C@H]1OC1C(=O)O. The van der Waals surface area contributed by atoms with Gasteiger partial charge in [-0.1, -0.05) is 13.3 Å². The largest absolute Gasteiger partial charge is 0.479 e. The fourth-order valence-corrected chi connectivity index (χ4v) is 0.864. The van der Waals surface area contributed by atoms with E-state index in [2.05, 4.69) is 0 Å². The molecule has 1 aliphatic heterocycles. The van der Waals surface area contributed by atoms with Gasteiger partial charge < -0.3 is 9.84 Å². The zero-order valence-corrected chi connectivity index (χ0v) is 5.33. The Morgan fingerprint density at radius 3 is 2.78 bits per heavy atom. The Balaban J connectivity index is 2.17. The maximum absolute atomic E-state index is 10.1. The van der Waals surface area contributed by atoms with Crippen LogP contribution in [0.5, 0.6) is 0 Å². The number of rotatable bonds is 3. The fraction of sp³-hybridized carbons (Fsp3) is 0.833. The number of hydrogen-bond donors (Lipinski definition) is 1. The van der Waals surface area contributed by atoms with E-state index in [9.17, 15) is 4.79 Å². The van der Waals surface area contributed by atoms with Crippen LogP contribution in [0.15, 0.2) is 0 Å². The summed E-state index contributed by atoms with van der Waals surface area (Å²) in [6.07, 6.45) is 1.38. The van der Waals surface area contributed by atoms with Crippen molar-refractivity contribution in [3.63, 3.8) is 0 Å². The standard InChI is InChI=1S/C6H10O3/c1-2-3-4-5(9-4)6(7)8/h4-5H,2-3H2,1H3,(H,7,8)/t4-,5?/m1/s1. The lowest BCUT2D eigenvalue weighted by Gasteiger charge is -1.83. The highest BCUT2D eigenvalue weighted by Crippen LogP contribution is 2.26. The first kappa shape index (κ1) is 6.55. The minimum absolute atomic E-state index is 0.00694. The van der Waals surface area contributed by atoms with Gasteiger partial charge in [0, 0.05) is 0 Å². The molecule has 1 unspecified atom stereocenters. The Morgan fingerprint density at radius 2 is 2.44 bits per heavy atom. The molecule has 0 radical (unpaired) electrons. The summed E-state index contributed by atoms with van der Waals surface area (Å²) in [7, 11) is 0. The zero-order chi connectivity index (χ0) is 6.85. The van der Waals surface area contributed by atoms with Crippen LogP contribution in [-0.2, 0) is 9.53 Å². The lowest BCUT2D eigenvalue weighted by atomic mass is 10.2. The molecule has 0 bridgehead atoms. The molecule has 0 aromatic carbocycles. The van der Waals surface area contributed by atoms with Crippen molar-refractivity contribution < 1.29 is 14.6 Å². The molecule has 0 amide bonds. The number of hydrogen-bond acceptors (Lipinski definition) is 2. The van der Waals surface area contributed by atoms with Crippen molar-refractivity contribution in [1.82, 2.24) is 0 Å². The summed E-state index contributed by atoms with van der Waals surface area (Å²) in [4.78, 5) is 10.1. The topological polar surface area (TPSA) is 49.8 Å². The minimum Gasteiger partial charge on any atom is -0.479 e. The summed E-state index contributed by atoms with van der Waals surface area (Å²) in [6, 6.07) is 0. The van der Waals surface area contributed by atoms with Crippen molar-refractivity contribution in [3.05, 3.63) is 0 Å². The second-order valence-electron chi connectivity index (χ2n) is 2.22. The third-order valence-electron chi connectivity index (χ3n) is 1.40. The van der Waals surface area contributed by atoms with Crippen molar-refractivity contribution >= 4 is 5.97 Å². The van der Waals surface area contributed by atoms with E-state index in [1.54, 1.807) is 0 Å². The van der Waals surface area contributed by atoms with Crippen LogP contribution >= 0.6 is 0 Å². The summed E-state index contributed by atoms with van der Waals surface area (Å²) >= 11 is 0. The third kappa shape index (κ3) is 1.42. The van der Waals surface area contributed by atoms with E-state index >= 15 is 0 Å². The van der Waals surface area contributed by atoms with Gasteiger partial charge in [0.25, 0.3) is 0 Å². The minimum atomic E-state index is -0.826. The van der Waals surface area contributed by atoms with Crippen molar-refractivity contribution in [1.29, 1.82) is 0 Å². The molecule has 1 fully saturated rings. The summed E-state index contributed by atoms with van der Waals surface area (Å²) in [5.41, 5.74) is 0. The molecule has 1 heterocycles. The summed E-state index contributed by atoms with van der Waals surface area (Å²) in [6.45, 7) is 2.01. The van der Waals surface area contributed by atoms with E-state index in [0.717, 1.165) is 12.8 Å². The average molecular weight is 130 g/mol. The van der Waals surface area contributed by atoms with E-state index in [4.69, 9.17) is 9.84 Å². The molecule has 3 heteroatoms. The Hall–Kier alpha value is -0.570. The van der Waals surface area contributed by atoms with E-state index in [-0.39, 0.29) is 6.10 Å². The van der Waals surface area contributed by atoms with Crippen LogP contribution in [0.25, 0.3) is 0 Å².